The van der Waals surface area contributed by atoms with E-state index in [0.717, 1.165) is 48.3 Å². The van der Waals surface area contributed by atoms with Crippen LogP contribution in [0.3, 0.4) is 0 Å². The number of amides is 1. The Morgan fingerprint density at radius 3 is 2.62 bits per heavy atom. The number of carbonyl (C=O) groups excluding carboxylic acids is 2. The van der Waals surface area contributed by atoms with E-state index in [2.05, 4.69) is 26.1 Å². The largest absolute Gasteiger partial charge is 0.478 e. The number of hydrogen-bond acceptors (Lipinski definition) is 5. The van der Waals surface area contributed by atoms with Gasteiger partial charge in [-0.2, -0.15) is 0 Å². The number of aliphatic carboxylic acids is 1. The van der Waals surface area contributed by atoms with Gasteiger partial charge in [-0.25, -0.2) is 9.59 Å². The van der Waals surface area contributed by atoms with E-state index < -0.39 is 17.8 Å². The molecule has 1 aliphatic rings. The first-order chi connectivity index (χ1) is 12.2. The number of thiophene rings is 1. The van der Waals surface area contributed by atoms with Crippen LogP contribution in [0.25, 0.3) is 0 Å². The number of ether oxygens (including phenoxy) is 1. The molecule has 1 atom stereocenters. The molecule has 0 aliphatic heterocycles. The molecule has 1 amide bonds. The molecule has 142 valence electrons. The normalized spacial score (nSPS) is 17.0. The van der Waals surface area contributed by atoms with E-state index in [0.29, 0.717) is 16.5 Å². The van der Waals surface area contributed by atoms with E-state index in [1.165, 1.54) is 18.4 Å². The molecule has 1 aromatic heterocycles. The molecule has 1 aliphatic carbocycles. The van der Waals surface area contributed by atoms with E-state index in [1.807, 2.05) is 0 Å². The van der Waals surface area contributed by atoms with Gasteiger partial charge in [-0.3, -0.25) is 4.79 Å². The summed E-state index contributed by atoms with van der Waals surface area (Å²) in [7, 11) is 1.31. The third kappa shape index (κ3) is 4.33. The fourth-order valence-electron chi connectivity index (χ4n) is 3.25. The predicted molar refractivity (Wildman–Crippen MR) is 101 cm³/mol. The van der Waals surface area contributed by atoms with E-state index in [9.17, 15) is 14.4 Å². The second kappa shape index (κ2) is 8.03. The van der Waals surface area contributed by atoms with Gasteiger partial charge in [-0.05, 0) is 36.2 Å². The van der Waals surface area contributed by atoms with Gasteiger partial charge in [0.15, 0.2) is 0 Å². The average molecular weight is 379 g/mol. The number of hydrogen-bond donors (Lipinski definition) is 2. The molecule has 2 N–H and O–H groups in total. The minimum atomic E-state index is -1.21. The monoisotopic (exact) mass is 379 g/mol. The van der Waals surface area contributed by atoms with Crippen molar-refractivity contribution in [2.45, 2.75) is 46.5 Å². The third-order valence-corrected chi connectivity index (χ3v) is 6.45. The lowest BCUT2D eigenvalue weighted by molar-refractivity contribution is -0.131. The molecule has 1 aromatic rings. The quantitative estimate of drug-likeness (QED) is 0.581. The Bertz CT molecular complexity index is 747. The Morgan fingerprint density at radius 2 is 2.04 bits per heavy atom. The SMILES string of the molecule is CCC(C)(C)[C@H]1CCc2c(sc(NC(=O)/C=C/C(=O)O)c2C(=O)OC)C1. The van der Waals surface area contributed by atoms with Crippen LogP contribution in [-0.2, 0) is 27.2 Å². The maximum Gasteiger partial charge on any atom is 0.341 e. The van der Waals surface area contributed by atoms with Crippen molar-refractivity contribution in [2.24, 2.45) is 11.3 Å². The highest BCUT2D eigenvalue weighted by atomic mass is 32.1. The summed E-state index contributed by atoms with van der Waals surface area (Å²) in [6.45, 7) is 6.71. The van der Waals surface area contributed by atoms with Gasteiger partial charge in [0.1, 0.15) is 5.00 Å². The van der Waals surface area contributed by atoms with Crippen molar-refractivity contribution in [3.05, 3.63) is 28.2 Å². The number of carboxylic acid groups (broad SMARTS) is 1. The summed E-state index contributed by atoms with van der Waals surface area (Å²) >= 11 is 1.38. The van der Waals surface area contributed by atoms with Crippen molar-refractivity contribution in [1.29, 1.82) is 0 Å². The molecule has 0 spiro atoms. The van der Waals surface area contributed by atoms with Gasteiger partial charge in [0, 0.05) is 17.0 Å². The van der Waals surface area contributed by atoms with Crippen LogP contribution in [0.5, 0.6) is 0 Å². The second-order valence-corrected chi connectivity index (χ2v) is 8.25. The van der Waals surface area contributed by atoms with Gasteiger partial charge in [-0.1, -0.05) is 27.2 Å². The highest BCUT2D eigenvalue weighted by molar-refractivity contribution is 7.17. The van der Waals surface area contributed by atoms with E-state index in [1.54, 1.807) is 0 Å². The molecule has 0 fully saturated rings. The number of carbonyl (C=O) groups is 3. The van der Waals surface area contributed by atoms with Crippen molar-refractivity contribution in [3.8, 4) is 0 Å². The maximum absolute atomic E-state index is 12.3. The van der Waals surface area contributed by atoms with Gasteiger partial charge in [0.05, 0.1) is 12.7 Å². The Hall–Kier alpha value is -2.15. The van der Waals surface area contributed by atoms with E-state index in [4.69, 9.17) is 9.84 Å². The molecule has 0 saturated heterocycles. The zero-order valence-electron chi connectivity index (χ0n) is 15.5. The lowest BCUT2D eigenvalue weighted by atomic mass is 9.69. The van der Waals surface area contributed by atoms with Crippen molar-refractivity contribution < 1.29 is 24.2 Å². The van der Waals surface area contributed by atoms with Gasteiger partial charge >= 0.3 is 11.9 Å². The topological polar surface area (TPSA) is 92.7 Å². The Labute approximate surface area is 157 Å². The highest BCUT2D eigenvalue weighted by Gasteiger charge is 2.35. The second-order valence-electron chi connectivity index (χ2n) is 7.14. The molecule has 0 bridgehead atoms. The molecule has 6 nitrogen and oxygen atoms in total. The minimum absolute atomic E-state index is 0.209. The first-order valence-electron chi connectivity index (χ1n) is 8.64. The number of fused-ring (bicyclic) bond motifs is 1. The summed E-state index contributed by atoms with van der Waals surface area (Å²) in [5.74, 6) is -1.75. The van der Waals surface area contributed by atoms with Crippen LogP contribution in [0.2, 0.25) is 0 Å². The van der Waals surface area contributed by atoms with E-state index >= 15 is 0 Å². The standard InChI is InChI=1S/C19H25NO5S/c1-5-19(2,3)11-6-7-12-13(10-11)26-17(16(12)18(24)25-4)20-14(21)8-9-15(22)23/h8-9,11H,5-7,10H2,1-4H3,(H,20,21)(H,22,23)/b9-8+/t11-/m0/s1. The van der Waals surface area contributed by atoms with Gasteiger partial charge in [-0.15, -0.1) is 11.3 Å². The van der Waals surface area contributed by atoms with Gasteiger partial charge in [0.2, 0.25) is 5.91 Å². The number of methoxy groups -OCH3 is 1. The third-order valence-electron chi connectivity index (χ3n) is 5.29. The van der Waals surface area contributed by atoms with Gasteiger partial charge < -0.3 is 15.2 Å². The first-order valence-corrected chi connectivity index (χ1v) is 9.46. The Balaban J connectivity index is 2.34. The minimum Gasteiger partial charge on any atom is -0.478 e. The Morgan fingerprint density at radius 1 is 1.35 bits per heavy atom. The molecular weight excluding hydrogens is 354 g/mol. The predicted octanol–water partition coefficient (Wildman–Crippen LogP) is 3.66. The summed E-state index contributed by atoms with van der Waals surface area (Å²) in [4.78, 5) is 35.9. The molecular formula is C19H25NO5S. The lowest BCUT2D eigenvalue weighted by Gasteiger charge is -2.36. The van der Waals surface area contributed by atoms with Crippen LogP contribution < -0.4 is 5.32 Å². The summed E-state index contributed by atoms with van der Waals surface area (Å²) < 4.78 is 4.90. The van der Waals surface area contributed by atoms with Gasteiger partial charge in [0.25, 0.3) is 0 Å². The zero-order chi connectivity index (χ0) is 19.5. The molecule has 0 saturated carbocycles. The zero-order valence-corrected chi connectivity index (χ0v) is 16.4. The first kappa shape index (κ1) is 20.2. The average Bonchev–Trinajstić information content (AvgIpc) is 2.96. The lowest BCUT2D eigenvalue weighted by Crippen LogP contribution is -2.28. The van der Waals surface area contributed by atoms with Crippen molar-refractivity contribution in [1.82, 2.24) is 0 Å². The van der Waals surface area contributed by atoms with Crippen LogP contribution in [0, 0.1) is 11.3 Å². The highest BCUT2D eigenvalue weighted by Crippen LogP contribution is 2.45. The number of rotatable bonds is 6. The fourth-order valence-corrected chi connectivity index (χ4v) is 4.57. The van der Waals surface area contributed by atoms with Crippen LogP contribution >= 0.6 is 11.3 Å². The molecule has 7 heteroatoms. The van der Waals surface area contributed by atoms with Crippen molar-refractivity contribution in [3.63, 3.8) is 0 Å². The van der Waals surface area contributed by atoms with E-state index in [-0.39, 0.29) is 5.41 Å². The Kier molecular flexibility index (Phi) is 6.23. The molecule has 2 rings (SSSR count). The molecule has 0 aromatic carbocycles. The molecule has 0 radical (unpaired) electrons. The summed E-state index contributed by atoms with van der Waals surface area (Å²) in [6.07, 6.45) is 5.40. The van der Waals surface area contributed by atoms with Crippen LogP contribution in [-0.4, -0.2) is 30.1 Å². The smallest absolute Gasteiger partial charge is 0.341 e. The fraction of sp³-hybridized carbons (Fsp3) is 0.526. The number of carboxylic acids is 1. The van der Waals surface area contributed by atoms with Crippen LogP contribution in [0.15, 0.2) is 12.2 Å². The number of esters is 1. The number of anilines is 1. The molecule has 1 heterocycles. The molecule has 0 unspecified atom stereocenters. The van der Waals surface area contributed by atoms with Crippen LogP contribution in [0.1, 0.15) is 54.4 Å². The molecule has 26 heavy (non-hydrogen) atoms. The maximum atomic E-state index is 12.3. The summed E-state index contributed by atoms with van der Waals surface area (Å²) in [5.41, 5.74) is 1.56. The number of nitrogens with one attached hydrogen (secondary N) is 1. The van der Waals surface area contributed by atoms with Crippen molar-refractivity contribution >= 4 is 34.2 Å². The van der Waals surface area contributed by atoms with Crippen molar-refractivity contribution in [2.75, 3.05) is 12.4 Å². The van der Waals surface area contributed by atoms with Crippen LogP contribution in [0.4, 0.5) is 5.00 Å². The summed E-state index contributed by atoms with van der Waals surface area (Å²) in [6, 6.07) is 0. The summed E-state index contributed by atoms with van der Waals surface area (Å²) in [5, 5.41) is 11.7.